The van der Waals surface area contributed by atoms with Crippen LogP contribution in [0, 0.1) is 0 Å². The molecule has 0 spiro atoms. The molecule has 18 heavy (non-hydrogen) atoms. The molecule has 0 saturated carbocycles. The number of ether oxygens (including phenoxy) is 2. The van der Waals surface area contributed by atoms with Crippen molar-refractivity contribution < 1.29 is 14.3 Å². The number of carbonyl (C=O) groups excluding carboxylic acids is 1. The number of rotatable bonds is 5. The van der Waals surface area contributed by atoms with Crippen molar-refractivity contribution in [2.24, 2.45) is 0 Å². The van der Waals surface area contributed by atoms with Crippen molar-refractivity contribution in [1.29, 1.82) is 0 Å². The van der Waals surface area contributed by atoms with E-state index in [2.05, 4.69) is 41.9 Å². The molecule has 1 rings (SSSR count). The zero-order valence-electron chi connectivity index (χ0n) is 10.4. The quantitative estimate of drug-likeness (QED) is 0.798. The van der Waals surface area contributed by atoms with E-state index >= 15 is 0 Å². The molecule has 0 radical (unpaired) electrons. The first-order chi connectivity index (χ1) is 8.49. The molecule has 6 heteroatoms. The van der Waals surface area contributed by atoms with Gasteiger partial charge in [-0.25, -0.2) is 0 Å². The predicted octanol–water partition coefficient (Wildman–Crippen LogP) is 2.87. The van der Waals surface area contributed by atoms with E-state index in [0.29, 0.717) is 6.54 Å². The first kappa shape index (κ1) is 15.5. The Morgan fingerprint density at radius 2 is 1.89 bits per heavy atom. The lowest BCUT2D eigenvalue weighted by Crippen LogP contribution is -2.34. The largest absolute Gasteiger partial charge is 0.494 e. The molecule has 4 nitrogen and oxygen atoms in total. The highest BCUT2D eigenvalue weighted by Crippen LogP contribution is 2.34. The molecule has 0 aliphatic carbocycles. The Kier molecular flexibility index (Phi) is 6.11. The van der Waals surface area contributed by atoms with Crippen molar-refractivity contribution in [2.75, 3.05) is 14.2 Å². The van der Waals surface area contributed by atoms with Gasteiger partial charge >= 0.3 is 5.97 Å². The average molecular weight is 381 g/mol. The summed E-state index contributed by atoms with van der Waals surface area (Å²) in [5.41, 5.74) is 1.03. The molecule has 1 unspecified atom stereocenters. The molecule has 1 N–H and O–H groups in total. The first-order valence-electron chi connectivity index (χ1n) is 5.32. The van der Waals surface area contributed by atoms with Crippen LogP contribution in [0.5, 0.6) is 5.75 Å². The Labute approximate surface area is 123 Å². The smallest absolute Gasteiger partial charge is 0.322 e. The van der Waals surface area contributed by atoms with Crippen molar-refractivity contribution >= 4 is 37.8 Å². The minimum Gasteiger partial charge on any atom is -0.494 e. The molecule has 1 atom stereocenters. The zero-order valence-corrected chi connectivity index (χ0v) is 13.6. The van der Waals surface area contributed by atoms with Gasteiger partial charge < -0.3 is 14.8 Å². The fourth-order valence-electron chi connectivity index (χ4n) is 1.44. The molecule has 1 aromatic carbocycles. The van der Waals surface area contributed by atoms with E-state index in [0.717, 1.165) is 20.3 Å². The Bertz CT molecular complexity index is 414. The standard InChI is InChI=1S/C12H15Br2NO3/c1-7(12(16)18-3)15-6-8-4-9(13)11(17-2)10(14)5-8/h4-5,7,15H,6H2,1-3H3. The summed E-state index contributed by atoms with van der Waals surface area (Å²) in [6, 6.07) is 3.55. The van der Waals surface area contributed by atoms with Gasteiger partial charge in [0.25, 0.3) is 0 Å². The number of methoxy groups -OCH3 is 2. The molecule has 1 aromatic rings. The summed E-state index contributed by atoms with van der Waals surface area (Å²) in [5, 5.41) is 3.08. The summed E-state index contributed by atoms with van der Waals surface area (Å²) in [4.78, 5) is 11.2. The molecule has 0 aliphatic rings. The third-order valence-corrected chi connectivity index (χ3v) is 3.61. The molecule has 0 aromatic heterocycles. The van der Waals surface area contributed by atoms with Gasteiger partial charge in [0.15, 0.2) is 0 Å². The Balaban J connectivity index is 2.72. The Morgan fingerprint density at radius 1 is 1.33 bits per heavy atom. The van der Waals surface area contributed by atoms with Gasteiger partial charge in [-0.3, -0.25) is 4.79 Å². The van der Waals surface area contributed by atoms with Crippen molar-refractivity contribution in [3.8, 4) is 5.75 Å². The maximum atomic E-state index is 11.2. The highest BCUT2D eigenvalue weighted by atomic mass is 79.9. The zero-order chi connectivity index (χ0) is 13.7. The van der Waals surface area contributed by atoms with Gasteiger partial charge in [-0.05, 0) is 56.5 Å². The van der Waals surface area contributed by atoms with Crippen LogP contribution in [0.25, 0.3) is 0 Å². The number of carbonyl (C=O) groups is 1. The van der Waals surface area contributed by atoms with Crippen LogP contribution in [0.15, 0.2) is 21.1 Å². The summed E-state index contributed by atoms with van der Waals surface area (Å²) in [7, 11) is 2.99. The van der Waals surface area contributed by atoms with Gasteiger partial charge in [-0.15, -0.1) is 0 Å². The summed E-state index contributed by atoms with van der Waals surface area (Å²) in [5.74, 6) is 0.474. The number of hydrogen-bond donors (Lipinski definition) is 1. The van der Waals surface area contributed by atoms with Gasteiger partial charge in [0.05, 0.1) is 23.2 Å². The van der Waals surface area contributed by atoms with E-state index in [1.165, 1.54) is 7.11 Å². The van der Waals surface area contributed by atoms with E-state index < -0.39 is 0 Å². The van der Waals surface area contributed by atoms with Crippen LogP contribution in [-0.2, 0) is 16.1 Å². The Hall–Kier alpha value is -0.590. The van der Waals surface area contributed by atoms with Gasteiger partial charge in [-0.1, -0.05) is 0 Å². The lowest BCUT2D eigenvalue weighted by Gasteiger charge is -2.13. The third-order valence-electron chi connectivity index (χ3n) is 2.43. The van der Waals surface area contributed by atoms with Crippen LogP contribution in [0.2, 0.25) is 0 Å². The molecule has 100 valence electrons. The maximum Gasteiger partial charge on any atom is 0.322 e. The molecule has 0 saturated heterocycles. The fourth-order valence-corrected chi connectivity index (χ4v) is 3.05. The lowest BCUT2D eigenvalue weighted by molar-refractivity contribution is -0.142. The van der Waals surface area contributed by atoms with Crippen molar-refractivity contribution in [3.63, 3.8) is 0 Å². The van der Waals surface area contributed by atoms with E-state index in [4.69, 9.17) is 4.74 Å². The number of esters is 1. The minimum absolute atomic E-state index is 0.276. The number of hydrogen-bond acceptors (Lipinski definition) is 4. The van der Waals surface area contributed by atoms with Gasteiger partial charge in [0.2, 0.25) is 0 Å². The molecule has 0 amide bonds. The SMILES string of the molecule is COC(=O)C(C)NCc1cc(Br)c(OC)c(Br)c1. The average Bonchev–Trinajstić information content (AvgIpc) is 2.34. The molecular formula is C12H15Br2NO3. The third kappa shape index (κ3) is 3.96. The number of halogens is 2. The van der Waals surface area contributed by atoms with Crippen LogP contribution in [0.4, 0.5) is 0 Å². The lowest BCUT2D eigenvalue weighted by atomic mass is 10.2. The highest BCUT2D eigenvalue weighted by Gasteiger charge is 2.13. The van der Waals surface area contributed by atoms with Crippen LogP contribution in [0.1, 0.15) is 12.5 Å². The van der Waals surface area contributed by atoms with Crippen molar-refractivity contribution in [3.05, 3.63) is 26.6 Å². The van der Waals surface area contributed by atoms with Crippen molar-refractivity contribution in [2.45, 2.75) is 19.5 Å². The molecule has 0 fully saturated rings. The topological polar surface area (TPSA) is 47.6 Å². The molecule has 0 aliphatic heterocycles. The van der Waals surface area contributed by atoms with Gasteiger partial charge in [-0.2, -0.15) is 0 Å². The minimum atomic E-state index is -0.338. The summed E-state index contributed by atoms with van der Waals surface area (Å²) in [6.45, 7) is 2.33. The van der Waals surface area contributed by atoms with Crippen molar-refractivity contribution in [1.82, 2.24) is 5.32 Å². The summed E-state index contributed by atoms with van der Waals surface area (Å²) in [6.07, 6.45) is 0. The summed E-state index contributed by atoms with van der Waals surface area (Å²) < 4.78 is 11.6. The predicted molar refractivity (Wildman–Crippen MR) is 76.7 cm³/mol. The molecule has 0 bridgehead atoms. The Morgan fingerprint density at radius 3 is 2.33 bits per heavy atom. The second-order valence-electron chi connectivity index (χ2n) is 3.72. The van der Waals surface area contributed by atoms with Crippen LogP contribution in [-0.4, -0.2) is 26.2 Å². The van der Waals surface area contributed by atoms with E-state index in [9.17, 15) is 4.79 Å². The maximum absolute atomic E-state index is 11.2. The van der Waals surface area contributed by atoms with E-state index in [1.54, 1.807) is 14.0 Å². The summed E-state index contributed by atoms with van der Waals surface area (Å²) >= 11 is 6.87. The van der Waals surface area contributed by atoms with E-state index in [1.807, 2.05) is 12.1 Å². The van der Waals surface area contributed by atoms with Crippen LogP contribution < -0.4 is 10.1 Å². The van der Waals surface area contributed by atoms with Crippen LogP contribution >= 0.6 is 31.9 Å². The van der Waals surface area contributed by atoms with Gasteiger partial charge in [0, 0.05) is 6.54 Å². The monoisotopic (exact) mass is 379 g/mol. The van der Waals surface area contributed by atoms with Crippen LogP contribution in [0.3, 0.4) is 0 Å². The second-order valence-corrected chi connectivity index (χ2v) is 5.43. The second kappa shape index (κ2) is 7.11. The fraction of sp³-hybridized carbons (Fsp3) is 0.417. The highest BCUT2D eigenvalue weighted by molar-refractivity contribution is 9.11. The number of nitrogens with one attached hydrogen (secondary N) is 1. The number of benzene rings is 1. The molecular weight excluding hydrogens is 366 g/mol. The molecule has 0 heterocycles. The first-order valence-corrected chi connectivity index (χ1v) is 6.91. The van der Waals surface area contributed by atoms with E-state index in [-0.39, 0.29) is 12.0 Å². The van der Waals surface area contributed by atoms with Gasteiger partial charge in [0.1, 0.15) is 11.8 Å². The normalized spacial score (nSPS) is 12.1.